The van der Waals surface area contributed by atoms with Crippen molar-refractivity contribution in [3.63, 3.8) is 0 Å². The molecule has 1 aromatic carbocycles. The van der Waals surface area contributed by atoms with Gasteiger partial charge in [-0.25, -0.2) is 4.98 Å². The first-order chi connectivity index (χ1) is 8.58. The normalized spacial score (nSPS) is 10.9. The van der Waals surface area contributed by atoms with Gasteiger partial charge >= 0.3 is 0 Å². The smallest absolute Gasteiger partial charge is 0.131 e. The Morgan fingerprint density at radius 3 is 2.67 bits per heavy atom. The molecule has 0 aliphatic carbocycles. The molecule has 2 aromatic rings. The van der Waals surface area contributed by atoms with Gasteiger partial charge in [0.15, 0.2) is 0 Å². The summed E-state index contributed by atoms with van der Waals surface area (Å²) >= 11 is 9.67. The van der Waals surface area contributed by atoms with Crippen molar-refractivity contribution < 1.29 is 0 Å². The maximum atomic E-state index is 6.23. The Morgan fingerprint density at radius 1 is 1.39 bits per heavy atom. The number of hydrogen-bond donors (Lipinski definition) is 1. The molecule has 0 aliphatic heterocycles. The number of imidazole rings is 1. The third-order valence-electron chi connectivity index (χ3n) is 2.90. The SMILES string of the molecule is CCc1nc(-c2cc(Br)ccc2Cl)c(N)n1CC. The number of halogens is 2. The molecule has 0 saturated carbocycles. The van der Waals surface area contributed by atoms with E-state index in [1.807, 2.05) is 22.8 Å². The van der Waals surface area contributed by atoms with Crippen LogP contribution in [0.3, 0.4) is 0 Å². The van der Waals surface area contributed by atoms with Gasteiger partial charge < -0.3 is 10.3 Å². The molecule has 3 nitrogen and oxygen atoms in total. The van der Waals surface area contributed by atoms with Crippen molar-refractivity contribution in [3.05, 3.63) is 33.5 Å². The molecule has 5 heteroatoms. The Labute approximate surface area is 120 Å². The molecule has 1 heterocycles. The van der Waals surface area contributed by atoms with E-state index in [9.17, 15) is 0 Å². The van der Waals surface area contributed by atoms with Crippen molar-refractivity contribution in [2.45, 2.75) is 26.8 Å². The summed E-state index contributed by atoms with van der Waals surface area (Å²) in [5.41, 5.74) is 7.80. The monoisotopic (exact) mass is 327 g/mol. The summed E-state index contributed by atoms with van der Waals surface area (Å²) in [6.07, 6.45) is 0.851. The second-order valence-corrected chi connectivity index (χ2v) is 5.31. The molecule has 0 spiro atoms. The highest BCUT2D eigenvalue weighted by Gasteiger charge is 2.16. The van der Waals surface area contributed by atoms with Gasteiger partial charge in [-0.05, 0) is 25.1 Å². The van der Waals surface area contributed by atoms with Gasteiger partial charge in [-0.1, -0.05) is 34.5 Å². The number of anilines is 1. The van der Waals surface area contributed by atoms with Crippen LogP contribution in [0.1, 0.15) is 19.7 Å². The zero-order chi connectivity index (χ0) is 13.3. The van der Waals surface area contributed by atoms with E-state index in [1.54, 1.807) is 0 Å². The van der Waals surface area contributed by atoms with E-state index in [2.05, 4.69) is 34.8 Å². The van der Waals surface area contributed by atoms with Gasteiger partial charge in [0.2, 0.25) is 0 Å². The van der Waals surface area contributed by atoms with E-state index < -0.39 is 0 Å². The highest BCUT2D eigenvalue weighted by molar-refractivity contribution is 9.10. The summed E-state index contributed by atoms with van der Waals surface area (Å²) in [4.78, 5) is 4.60. The van der Waals surface area contributed by atoms with Crippen molar-refractivity contribution >= 4 is 33.3 Å². The maximum absolute atomic E-state index is 6.23. The third kappa shape index (κ3) is 2.27. The fourth-order valence-corrected chi connectivity index (χ4v) is 2.58. The fraction of sp³-hybridized carbons (Fsp3) is 0.308. The predicted molar refractivity (Wildman–Crippen MR) is 79.8 cm³/mol. The van der Waals surface area contributed by atoms with E-state index in [1.165, 1.54) is 0 Å². The van der Waals surface area contributed by atoms with E-state index in [-0.39, 0.29) is 0 Å². The topological polar surface area (TPSA) is 43.8 Å². The van der Waals surface area contributed by atoms with Gasteiger partial charge in [0.05, 0.1) is 5.02 Å². The Bertz CT molecular complexity index is 578. The number of rotatable bonds is 3. The van der Waals surface area contributed by atoms with Crippen LogP contribution in [0.5, 0.6) is 0 Å². The first kappa shape index (κ1) is 13.4. The van der Waals surface area contributed by atoms with Crippen LogP contribution in [0.2, 0.25) is 5.02 Å². The molecule has 2 N–H and O–H groups in total. The zero-order valence-electron chi connectivity index (χ0n) is 10.4. The number of benzene rings is 1. The van der Waals surface area contributed by atoms with Gasteiger partial charge in [-0.15, -0.1) is 0 Å². The molecule has 2 rings (SSSR count). The Morgan fingerprint density at radius 2 is 2.11 bits per heavy atom. The molecule has 1 aromatic heterocycles. The van der Waals surface area contributed by atoms with Crippen molar-refractivity contribution in [2.75, 3.05) is 5.73 Å². The molecule has 0 atom stereocenters. The molecule has 18 heavy (non-hydrogen) atoms. The summed E-state index contributed by atoms with van der Waals surface area (Å²) in [6, 6.07) is 5.69. The minimum absolute atomic E-state index is 0.660. The lowest BCUT2D eigenvalue weighted by molar-refractivity contribution is 0.713. The van der Waals surface area contributed by atoms with Crippen molar-refractivity contribution in [2.24, 2.45) is 0 Å². The largest absolute Gasteiger partial charge is 0.383 e. The first-order valence-electron chi connectivity index (χ1n) is 5.88. The lowest BCUT2D eigenvalue weighted by atomic mass is 10.1. The van der Waals surface area contributed by atoms with Crippen molar-refractivity contribution in [1.29, 1.82) is 0 Å². The van der Waals surface area contributed by atoms with Crippen LogP contribution >= 0.6 is 27.5 Å². The average Bonchev–Trinajstić information content (AvgIpc) is 2.68. The Kier molecular flexibility index (Phi) is 3.97. The lowest BCUT2D eigenvalue weighted by Gasteiger charge is -2.05. The summed E-state index contributed by atoms with van der Waals surface area (Å²) in [5, 5.41) is 0.660. The van der Waals surface area contributed by atoms with Crippen LogP contribution in [-0.4, -0.2) is 9.55 Å². The number of aryl methyl sites for hydroxylation is 1. The number of nitrogens with two attached hydrogens (primary N) is 1. The van der Waals surface area contributed by atoms with Crippen LogP contribution in [0.4, 0.5) is 5.82 Å². The highest BCUT2D eigenvalue weighted by atomic mass is 79.9. The summed E-state index contributed by atoms with van der Waals surface area (Å²) in [5.74, 6) is 1.66. The lowest BCUT2D eigenvalue weighted by Crippen LogP contribution is -2.04. The average molecular weight is 329 g/mol. The second kappa shape index (κ2) is 5.33. The molecule has 0 amide bonds. The van der Waals surface area contributed by atoms with Gasteiger partial charge in [0.25, 0.3) is 0 Å². The molecular weight excluding hydrogens is 314 g/mol. The van der Waals surface area contributed by atoms with Crippen LogP contribution in [0, 0.1) is 0 Å². The van der Waals surface area contributed by atoms with Crippen LogP contribution < -0.4 is 5.73 Å². The van der Waals surface area contributed by atoms with Gasteiger partial charge in [0.1, 0.15) is 17.3 Å². The van der Waals surface area contributed by atoms with Crippen molar-refractivity contribution in [3.8, 4) is 11.3 Å². The predicted octanol–water partition coefficient (Wildman–Crippen LogP) is 4.13. The molecule has 0 aliphatic rings. The van der Waals surface area contributed by atoms with Crippen LogP contribution in [0.15, 0.2) is 22.7 Å². The molecule has 0 radical (unpaired) electrons. The molecule has 0 saturated heterocycles. The highest BCUT2D eigenvalue weighted by Crippen LogP contribution is 2.34. The molecule has 96 valence electrons. The summed E-state index contributed by atoms with van der Waals surface area (Å²) in [6.45, 7) is 4.94. The van der Waals surface area contributed by atoms with Gasteiger partial charge in [-0.2, -0.15) is 0 Å². The van der Waals surface area contributed by atoms with Gasteiger partial charge in [0, 0.05) is 23.0 Å². The molecule has 0 unspecified atom stereocenters. The Balaban J connectivity index is 2.64. The van der Waals surface area contributed by atoms with E-state index in [4.69, 9.17) is 17.3 Å². The minimum Gasteiger partial charge on any atom is -0.383 e. The van der Waals surface area contributed by atoms with Crippen LogP contribution in [-0.2, 0) is 13.0 Å². The van der Waals surface area contributed by atoms with Crippen LogP contribution in [0.25, 0.3) is 11.3 Å². The van der Waals surface area contributed by atoms with E-state index in [0.29, 0.717) is 10.8 Å². The maximum Gasteiger partial charge on any atom is 0.131 e. The van der Waals surface area contributed by atoms with Crippen molar-refractivity contribution in [1.82, 2.24) is 9.55 Å². The third-order valence-corrected chi connectivity index (χ3v) is 3.72. The first-order valence-corrected chi connectivity index (χ1v) is 7.05. The van der Waals surface area contributed by atoms with E-state index in [0.717, 1.165) is 34.5 Å². The van der Waals surface area contributed by atoms with Gasteiger partial charge in [-0.3, -0.25) is 0 Å². The molecule has 0 bridgehead atoms. The molecule has 0 fully saturated rings. The standard InChI is InChI=1S/C13H15BrClN3/c1-3-11-17-12(13(16)18(11)4-2)9-7-8(14)5-6-10(9)15/h5-7H,3-4,16H2,1-2H3. The number of nitrogens with zero attached hydrogens (tertiary/aromatic N) is 2. The quantitative estimate of drug-likeness (QED) is 0.920. The molecular formula is C13H15BrClN3. The number of hydrogen-bond acceptors (Lipinski definition) is 2. The number of aromatic nitrogens is 2. The van der Waals surface area contributed by atoms with E-state index >= 15 is 0 Å². The fourth-order valence-electron chi connectivity index (χ4n) is 2.01. The minimum atomic E-state index is 0.660. The second-order valence-electron chi connectivity index (χ2n) is 3.98. The summed E-state index contributed by atoms with van der Waals surface area (Å²) in [7, 11) is 0. The number of nitrogen functional groups attached to an aromatic ring is 1. The zero-order valence-corrected chi connectivity index (χ0v) is 12.7. The Hall–Kier alpha value is -1.00. The summed E-state index contributed by atoms with van der Waals surface area (Å²) < 4.78 is 2.98.